The van der Waals surface area contributed by atoms with Crippen molar-refractivity contribution in [2.45, 2.75) is 0 Å². The van der Waals surface area contributed by atoms with Gasteiger partial charge in [-0.2, -0.15) is 0 Å². The van der Waals surface area contributed by atoms with E-state index in [0.717, 1.165) is 42.9 Å². The van der Waals surface area contributed by atoms with E-state index < -0.39 is 0 Å². The highest BCUT2D eigenvalue weighted by Gasteiger charge is 2.19. The lowest BCUT2D eigenvalue weighted by Crippen LogP contribution is -2.46. The van der Waals surface area contributed by atoms with Crippen molar-refractivity contribution in [2.75, 3.05) is 48.3 Å². The molecular weight excluding hydrogens is 260 g/mol. The molecule has 2 aromatic rings. The van der Waals surface area contributed by atoms with Crippen molar-refractivity contribution in [1.29, 1.82) is 0 Å². The normalized spacial score (nSPS) is 15.6. The van der Waals surface area contributed by atoms with Gasteiger partial charge in [-0.05, 0) is 0 Å². The third-order valence-electron chi connectivity index (χ3n) is 3.17. The van der Waals surface area contributed by atoms with Crippen molar-refractivity contribution >= 4 is 28.1 Å². The zero-order chi connectivity index (χ0) is 13.1. The Balaban J connectivity index is 1.66. The average Bonchev–Trinajstić information content (AvgIpc) is 3.02. The summed E-state index contributed by atoms with van der Waals surface area (Å²) in [6, 6.07) is 0. The minimum Gasteiger partial charge on any atom is -0.372 e. The first kappa shape index (κ1) is 12.2. The van der Waals surface area contributed by atoms with Crippen LogP contribution in [0, 0.1) is 0 Å². The molecule has 0 unspecified atom stereocenters. The summed E-state index contributed by atoms with van der Waals surface area (Å²) < 4.78 is 0. The lowest BCUT2D eigenvalue weighted by atomic mass is 10.3. The molecule has 19 heavy (non-hydrogen) atoms. The Morgan fingerprint density at radius 2 is 1.95 bits per heavy atom. The number of hydrogen-bond acceptors (Lipinski definition) is 7. The minimum atomic E-state index is 0.805. The lowest BCUT2D eigenvalue weighted by Gasteiger charge is -2.35. The van der Waals surface area contributed by atoms with Crippen LogP contribution in [0.1, 0.15) is 0 Å². The van der Waals surface area contributed by atoms with Gasteiger partial charge in [-0.15, -0.1) is 11.3 Å². The number of thiazole rings is 1. The molecule has 1 aliphatic heterocycles. The van der Waals surface area contributed by atoms with Crippen LogP contribution in [0.5, 0.6) is 0 Å². The van der Waals surface area contributed by atoms with E-state index in [-0.39, 0.29) is 0 Å². The summed E-state index contributed by atoms with van der Waals surface area (Å²) in [5, 5.41) is 6.14. The van der Waals surface area contributed by atoms with E-state index in [9.17, 15) is 0 Å². The van der Waals surface area contributed by atoms with E-state index in [2.05, 4.69) is 30.1 Å². The molecule has 3 rings (SSSR count). The van der Waals surface area contributed by atoms with Crippen LogP contribution >= 0.6 is 11.3 Å². The number of aromatic nitrogens is 3. The van der Waals surface area contributed by atoms with Gasteiger partial charge in [-0.1, -0.05) is 0 Å². The van der Waals surface area contributed by atoms with Gasteiger partial charge in [0.25, 0.3) is 0 Å². The predicted octanol–water partition coefficient (Wildman–Crippen LogP) is 1.30. The van der Waals surface area contributed by atoms with Gasteiger partial charge in [0.15, 0.2) is 5.13 Å². The Kier molecular flexibility index (Phi) is 3.45. The van der Waals surface area contributed by atoms with Gasteiger partial charge in [0, 0.05) is 44.8 Å². The zero-order valence-corrected chi connectivity index (χ0v) is 11.6. The maximum atomic E-state index is 4.52. The van der Waals surface area contributed by atoms with Crippen LogP contribution in [0.2, 0.25) is 0 Å². The maximum absolute atomic E-state index is 4.52. The molecule has 0 radical (unpaired) electrons. The molecule has 100 valence electrons. The number of anilines is 3. The molecule has 1 aliphatic rings. The van der Waals surface area contributed by atoms with Gasteiger partial charge in [0.1, 0.15) is 11.6 Å². The molecule has 1 fully saturated rings. The molecule has 2 aromatic heterocycles. The Hall–Kier alpha value is -1.89. The maximum Gasteiger partial charge on any atom is 0.185 e. The summed E-state index contributed by atoms with van der Waals surface area (Å²) in [4.78, 5) is 17.7. The number of nitrogens with one attached hydrogen (secondary N) is 1. The van der Waals surface area contributed by atoms with Crippen LogP contribution < -0.4 is 15.1 Å². The zero-order valence-electron chi connectivity index (χ0n) is 10.8. The van der Waals surface area contributed by atoms with E-state index in [1.807, 2.05) is 24.8 Å². The Morgan fingerprint density at radius 1 is 1.16 bits per heavy atom. The molecule has 0 saturated carbocycles. The molecule has 0 atom stereocenters. The Morgan fingerprint density at radius 3 is 2.63 bits per heavy atom. The second-order valence-corrected chi connectivity index (χ2v) is 5.17. The molecule has 0 amide bonds. The second-order valence-electron chi connectivity index (χ2n) is 4.30. The first-order chi connectivity index (χ1) is 9.36. The van der Waals surface area contributed by atoms with E-state index in [1.165, 1.54) is 0 Å². The third kappa shape index (κ3) is 2.60. The van der Waals surface area contributed by atoms with Gasteiger partial charge >= 0.3 is 0 Å². The third-order valence-corrected chi connectivity index (χ3v) is 4.00. The van der Waals surface area contributed by atoms with Crippen molar-refractivity contribution in [2.24, 2.45) is 0 Å². The van der Waals surface area contributed by atoms with Crippen molar-refractivity contribution in [3.05, 3.63) is 24.0 Å². The summed E-state index contributed by atoms with van der Waals surface area (Å²) in [7, 11) is 1.86. The summed E-state index contributed by atoms with van der Waals surface area (Å²) in [6.07, 6.45) is 5.41. The summed E-state index contributed by atoms with van der Waals surface area (Å²) in [5.74, 6) is 1.74. The van der Waals surface area contributed by atoms with E-state index >= 15 is 0 Å². The molecule has 0 aliphatic carbocycles. The molecule has 1 N–H and O–H groups in total. The monoisotopic (exact) mass is 276 g/mol. The fraction of sp³-hybridized carbons (Fsp3) is 0.417. The smallest absolute Gasteiger partial charge is 0.185 e. The topological polar surface area (TPSA) is 57.2 Å². The first-order valence-corrected chi connectivity index (χ1v) is 7.14. The second kappa shape index (κ2) is 5.40. The van der Waals surface area contributed by atoms with Gasteiger partial charge in [-0.25, -0.2) is 9.97 Å². The molecule has 6 nitrogen and oxygen atoms in total. The van der Waals surface area contributed by atoms with Gasteiger partial charge in [-0.3, -0.25) is 4.98 Å². The number of piperazine rings is 1. The van der Waals surface area contributed by atoms with Crippen molar-refractivity contribution in [3.8, 4) is 0 Å². The van der Waals surface area contributed by atoms with E-state index in [0.29, 0.717) is 0 Å². The summed E-state index contributed by atoms with van der Waals surface area (Å²) in [6.45, 7) is 3.83. The average molecular weight is 276 g/mol. The van der Waals surface area contributed by atoms with Crippen molar-refractivity contribution < 1.29 is 0 Å². The quantitative estimate of drug-likeness (QED) is 0.912. The molecular formula is C12H16N6S. The fourth-order valence-electron chi connectivity index (χ4n) is 2.13. The van der Waals surface area contributed by atoms with Crippen LogP contribution in [0.3, 0.4) is 0 Å². The summed E-state index contributed by atoms with van der Waals surface area (Å²) in [5.41, 5.74) is 0. The van der Waals surface area contributed by atoms with Gasteiger partial charge in [0.2, 0.25) is 0 Å². The Labute approximate surface area is 116 Å². The molecule has 0 aromatic carbocycles. The highest BCUT2D eigenvalue weighted by Crippen LogP contribution is 2.21. The van der Waals surface area contributed by atoms with Crippen molar-refractivity contribution in [1.82, 2.24) is 15.0 Å². The van der Waals surface area contributed by atoms with E-state index in [1.54, 1.807) is 17.5 Å². The molecule has 7 heteroatoms. The lowest BCUT2D eigenvalue weighted by molar-refractivity contribution is 0.645. The highest BCUT2D eigenvalue weighted by atomic mass is 32.1. The van der Waals surface area contributed by atoms with Gasteiger partial charge in [0.05, 0.1) is 12.4 Å². The number of nitrogens with zero attached hydrogens (tertiary/aromatic N) is 5. The number of rotatable bonds is 3. The van der Waals surface area contributed by atoms with Crippen LogP contribution in [0.4, 0.5) is 16.8 Å². The highest BCUT2D eigenvalue weighted by molar-refractivity contribution is 7.13. The largest absolute Gasteiger partial charge is 0.372 e. The molecule has 3 heterocycles. The predicted molar refractivity (Wildman–Crippen MR) is 78.1 cm³/mol. The molecule has 0 bridgehead atoms. The van der Waals surface area contributed by atoms with Crippen LogP contribution in [0.15, 0.2) is 24.0 Å². The summed E-state index contributed by atoms with van der Waals surface area (Å²) >= 11 is 1.69. The number of hydrogen-bond donors (Lipinski definition) is 1. The fourth-order valence-corrected chi connectivity index (χ4v) is 2.82. The Bertz CT molecular complexity index is 521. The van der Waals surface area contributed by atoms with Crippen LogP contribution in [-0.2, 0) is 0 Å². The van der Waals surface area contributed by atoms with Crippen LogP contribution in [0.25, 0.3) is 0 Å². The first-order valence-electron chi connectivity index (χ1n) is 6.26. The van der Waals surface area contributed by atoms with E-state index in [4.69, 9.17) is 0 Å². The molecule has 1 saturated heterocycles. The minimum absolute atomic E-state index is 0.805. The SMILES string of the molecule is CNc1cncc(N2CCN(c3nccs3)CC2)n1. The molecule has 0 spiro atoms. The van der Waals surface area contributed by atoms with Crippen molar-refractivity contribution in [3.63, 3.8) is 0 Å². The standard InChI is InChI=1S/C12H16N6S/c1-13-10-8-14-9-11(16-10)17-3-5-18(6-4-17)12-15-2-7-19-12/h2,7-9H,3-6H2,1H3,(H,13,16). The van der Waals surface area contributed by atoms with Crippen LogP contribution in [-0.4, -0.2) is 48.2 Å². The van der Waals surface area contributed by atoms with Gasteiger partial charge < -0.3 is 15.1 Å².